The molecule has 4 aromatic rings. The molecule has 136 valence electrons. The number of nitrogen functional groups attached to an aromatic ring is 1. The molecule has 0 aliphatic carbocycles. The summed E-state index contributed by atoms with van der Waals surface area (Å²) in [5.41, 5.74) is 9.42. The lowest BCUT2D eigenvalue weighted by molar-refractivity contribution is 0.817. The fourth-order valence-electron chi connectivity index (χ4n) is 3.12. The van der Waals surface area contributed by atoms with Gasteiger partial charge < -0.3 is 5.73 Å². The van der Waals surface area contributed by atoms with Gasteiger partial charge in [-0.25, -0.2) is 15.0 Å². The minimum atomic E-state index is 0.435. The van der Waals surface area contributed by atoms with Crippen LogP contribution in [0.2, 0.25) is 0 Å². The topological polar surface area (TPSA) is 69.6 Å². The van der Waals surface area contributed by atoms with E-state index in [1.54, 1.807) is 11.8 Å². The fraction of sp³-hybridized carbons (Fsp3) is 0.190. The van der Waals surface area contributed by atoms with Crippen LogP contribution in [-0.4, -0.2) is 19.5 Å². The van der Waals surface area contributed by atoms with Gasteiger partial charge in [-0.05, 0) is 29.7 Å². The van der Waals surface area contributed by atoms with Gasteiger partial charge in [0.2, 0.25) is 0 Å². The van der Waals surface area contributed by atoms with E-state index in [2.05, 4.69) is 57.6 Å². The highest BCUT2D eigenvalue weighted by Gasteiger charge is 2.13. The van der Waals surface area contributed by atoms with Gasteiger partial charge in [0.1, 0.15) is 11.6 Å². The predicted molar refractivity (Wildman–Crippen MR) is 111 cm³/mol. The molecule has 0 spiro atoms. The smallest absolute Gasteiger partial charge is 0.173 e. The lowest BCUT2D eigenvalue weighted by Crippen LogP contribution is -2.03. The number of thioether (sulfide) groups is 1. The van der Waals surface area contributed by atoms with Gasteiger partial charge in [-0.3, -0.25) is 4.57 Å². The first-order chi connectivity index (χ1) is 13.1. The molecular formula is C21H21N5S. The van der Waals surface area contributed by atoms with Crippen molar-refractivity contribution in [3.05, 3.63) is 72.3 Å². The van der Waals surface area contributed by atoms with Gasteiger partial charge in [0, 0.05) is 17.8 Å². The first-order valence-electron chi connectivity index (χ1n) is 8.90. The molecule has 0 fully saturated rings. The van der Waals surface area contributed by atoms with Crippen molar-refractivity contribution in [3.63, 3.8) is 0 Å². The molecule has 4 rings (SSSR count). The Hall–Kier alpha value is -2.86. The summed E-state index contributed by atoms with van der Waals surface area (Å²) in [5, 5.41) is 1.80. The summed E-state index contributed by atoms with van der Waals surface area (Å²) < 4.78 is 2.13. The van der Waals surface area contributed by atoms with E-state index >= 15 is 0 Å². The van der Waals surface area contributed by atoms with Crippen LogP contribution in [0.25, 0.3) is 16.6 Å². The molecule has 0 atom stereocenters. The average molecular weight is 376 g/mol. The number of benzene rings is 2. The summed E-state index contributed by atoms with van der Waals surface area (Å²) in [4.78, 5) is 13.6. The molecule has 0 aliphatic rings. The van der Waals surface area contributed by atoms with E-state index < -0.39 is 0 Å². The SMILES string of the molecule is CC(C)c1ccccc1-n1ccnc1SCc1nc(N)c2ccccc2n1. The van der Waals surface area contributed by atoms with Crippen LogP contribution >= 0.6 is 11.8 Å². The van der Waals surface area contributed by atoms with Gasteiger partial charge >= 0.3 is 0 Å². The number of anilines is 1. The Morgan fingerprint density at radius 1 is 1.04 bits per heavy atom. The van der Waals surface area contributed by atoms with Crippen molar-refractivity contribution < 1.29 is 0 Å². The van der Waals surface area contributed by atoms with E-state index in [0.717, 1.165) is 21.7 Å². The van der Waals surface area contributed by atoms with Gasteiger partial charge in [-0.15, -0.1) is 0 Å². The minimum absolute atomic E-state index is 0.435. The third kappa shape index (κ3) is 3.53. The molecule has 5 nitrogen and oxygen atoms in total. The third-order valence-electron chi connectivity index (χ3n) is 4.43. The number of fused-ring (bicyclic) bond motifs is 1. The second-order valence-corrected chi connectivity index (χ2v) is 7.57. The summed E-state index contributed by atoms with van der Waals surface area (Å²) in [6.07, 6.45) is 3.83. The van der Waals surface area contributed by atoms with Crippen molar-refractivity contribution in [2.75, 3.05) is 5.73 Å². The highest BCUT2D eigenvalue weighted by molar-refractivity contribution is 7.98. The van der Waals surface area contributed by atoms with Crippen molar-refractivity contribution in [3.8, 4) is 5.69 Å². The maximum Gasteiger partial charge on any atom is 0.173 e. The van der Waals surface area contributed by atoms with Gasteiger partial charge in [0.25, 0.3) is 0 Å². The predicted octanol–water partition coefficient (Wildman–Crippen LogP) is 4.81. The number of nitrogens with two attached hydrogens (primary N) is 1. The molecule has 2 aromatic carbocycles. The van der Waals surface area contributed by atoms with E-state index in [1.165, 1.54) is 5.56 Å². The summed E-state index contributed by atoms with van der Waals surface area (Å²) in [6, 6.07) is 16.2. The molecule has 0 saturated heterocycles. The van der Waals surface area contributed by atoms with Gasteiger partial charge in [-0.2, -0.15) is 0 Å². The number of aromatic nitrogens is 4. The van der Waals surface area contributed by atoms with Crippen LogP contribution in [0.4, 0.5) is 5.82 Å². The van der Waals surface area contributed by atoms with E-state index in [1.807, 2.05) is 36.7 Å². The molecule has 0 aliphatic heterocycles. The number of nitrogens with zero attached hydrogens (tertiary/aromatic N) is 4. The van der Waals surface area contributed by atoms with Gasteiger partial charge in [-0.1, -0.05) is 55.9 Å². The Balaban J connectivity index is 1.62. The number of imidazole rings is 1. The van der Waals surface area contributed by atoms with Crippen molar-refractivity contribution in [1.82, 2.24) is 19.5 Å². The van der Waals surface area contributed by atoms with Gasteiger partial charge in [0.15, 0.2) is 5.16 Å². The molecule has 2 aromatic heterocycles. The second-order valence-electron chi connectivity index (χ2n) is 6.62. The lowest BCUT2D eigenvalue weighted by atomic mass is 10.0. The number of para-hydroxylation sites is 2. The molecule has 27 heavy (non-hydrogen) atoms. The molecule has 6 heteroatoms. The largest absolute Gasteiger partial charge is 0.383 e. The van der Waals surface area contributed by atoms with Crippen molar-refractivity contribution >= 4 is 28.5 Å². The van der Waals surface area contributed by atoms with Crippen LogP contribution < -0.4 is 5.73 Å². The third-order valence-corrected chi connectivity index (χ3v) is 5.40. The first kappa shape index (κ1) is 17.5. The maximum absolute atomic E-state index is 6.10. The number of rotatable bonds is 5. The Labute approximate surface area is 162 Å². The van der Waals surface area contributed by atoms with Gasteiger partial charge in [0.05, 0.1) is 17.0 Å². The van der Waals surface area contributed by atoms with Crippen molar-refractivity contribution in [2.45, 2.75) is 30.7 Å². The average Bonchev–Trinajstić information content (AvgIpc) is 3.15. The first-order valence-corrected chi connectivity index (χ1v) is 9.88. The van der Waals surface area contributed by atoms with Crippen LogP contribution in [0, 0.1) is 0 Å². The van der Waals surface area contributed by atoms with Crippen LogP contribution in [0.15, 0.2) is 66.1 Å². The van der Waals surface area contributed by atoms with Crippen LogP contribution in [-0.2, 0) is 5.75 Å². The molecule has 0 radical (unpaired) electrons. The van der Waals surface area contributed by atoms with E-state index in [4.69, 9.17) is 5.73 Å². The molecule has 2 heterocycles. The Kier molecular flexibility index (Phi) is 4.81. The zero-order chi connectivity index (χ0) is 18.8. The lowest BCUT2D eigenvalue weighted by Gasteiger charge is -2.15. The quantitative estimate of drug-likeness (QED) is 0.507. The van der Waals surface area contributed by atoms with E-state index in [0.29, 0.717) is 23.3 Å². The molecule has 0 saturated carbocycles. The Morgan fingerprint density at radius 2 is 1.81 bits per heavy atom. The summed E-state index contributed by atoms with van der Waals surface area (Å²) >= 11 is 1.61. The summed E-state index contributed by atoms with van der Waals surface area (Å²) in [6.45, 7) is 4.41. The monoisotopic (exact) mass is 375 g/mol. The normalized spacial score (nSPS) is 11.4. The molecule has 0 unspecified atom stereocenters. The Morgan fingerprint density at radius 3 is 2.67 bits per heavy atom. The maximum atomic E-state index is 6.10. The standard InChI is InChI=1S/C21H21N5S/c1-14(2)15-7-4-6-10-18(15)26-12-11-23-21(26)27-13-19-24-17-9-5-3-8-16(17)20(22)25-19/h3-12,14H,13H2,1-2H3,(H2,22,24,25). The highest BCUT2D eigenvalue weighted by Crippen LogP contribution is 2.29. The van der Waals surface area contributed by atoms with Crippen LogP contribution in [0.3, 0.4) is 0 Å². The molecular weight excluding hydrogens is 354 g/mol. The minimum Gasteiger partial charge on any atom is -0.383 e. The molecule has 0 bridgehead atoms. The number of hydrogen-bond donors (Lipinski definition) is 1. The summed E-state index contributed by atoms with van der Waals surface area (Å²) in [5.74, 6) is 2.27. The van der Waals surface area contributed by atoms with Crippen molar-refractivity contribution in [2.24, 2.45) is 0 Å². The fourth-order valence-corrected chi connectivity index (χ4v) is 3.94. The van der Waals surface area contributed by atoms with Crippen molar-refractivity contribution in [1.29, 1.82) is 0 Å². The van der Waals surface area contributed by atoms with E-state index in [9.17, 15) is 0 Å². The molecule has 0 amide bonds. The zero-order valence-electron chi connectivity index (χ0n) is 15.3. The zero-order valence-corrected chi connectivity index (χ0v) is 16.1. The number of hydrogen-bond acceptors (Lipinski definition) is 5. The van der Waals surface area contributed by atoms with Crippen LogP contribution in [0.5, 0.6) is 0 Å². The second kappa shape index (κ2) is 7.40. The van der Waals surface area contributed by atoms with Crippen LogP contribution in [0.1, 0.15) is 31.2 Å². The Bertz CT molecular complexity index is 1090. The summed E-state index contributed by atoms with van der Waals surface area (Å²) in [7, 11) is 0. The highest BCUT2D eigenvalue weighted by atomic mass is 32.2. The van der Waals surface area contributed by atoms with E-state index in [-0.39, 0.29) is 0 Å². The molecule has 2 N–H and O–H groups in total.